The van der Waals surface area contributed by atoms with E-state index in [1.165, 1.54) is 16.0 Å². The SMILES string of the molecule is CCc1ccc([C@H]([NH2+]CC(=O)Nc2ccc3c(c2)OCO3)c2cccs2)cc1. The summed E-state index contributed by atoms with van der Waals surface area (Å²) in [6, 6.07) is 18.4. The van der Waals surface area contributed by atoms with Crippen molar-refractivity contribution < 1.29 is 19.6 Å². The Morgan fingerprint density at radius 2 is 1.96 bits per heavy atom. The number of nitrogens with two attached hydrogens (primary N) is 1. The predicted octanol–water partition coefficient (Wildman–Crippen LogP) is 3.33. The fourth-order valence-corrected chi connectivity index (χ4v) is 4.11. The van der Waals surface area contributed by atoms with Gasteiger partial charge in [0, 0.05) is 17.3 Å². The number of hydrogen-bond acceptors (Lipinski definition) is 4. The zero-order valence-electron chi connectivity index (χ0n) is 15.7. The van der Waals surface area contributed by atoms with Crippen molar-refractivity contribution in [3.63, 3.8) is 0 Å². The Hall–Kier alpha value is -2.83. The monoisotopic (exact) mass is 395 g/mol. The number of carbonyl (C=O) groups excluding carboxylic acids is 1. The van der Waals surface area contributed by atoms with Crippen LogP contribution in [0.3, 0.4) is 0 Å². The molecular formula is C22H23N2O3S+. The number of anilines is 1. The van der Waals surface area contributed by atoms with Crippen LogP contribution >= 0.6 is 11.3 Å². The van der Waals surface area contributed by atoms with E-state index < -0.39 is 0 Å². The number of amides is 1. The Kier molecular flexibility index (Phi) is 5.60. The van der Waals surface area contributed by atoms with Gasteiger partial charge in [-0.1, -0.05) is 37.3 Å². The Labute approximate surface area is 168 Å². The molecule has 0 radical (unpaired) electrons. The van der Waals surface area contributed by atoms with Gasteiger partial charge in [-0.25, -0.2) is 0 Å². The van der Waals surface area contributed by atoms with E-state index in [4.69, 9.17) is 9.47 Å². The van der Waals surface area contributed by atoms with Crippen LogP contribution in [0, 0.1) is 0 Å². The highest BCUT2D eigenvalue weighted by atomic mass is 32.1. The number of thiophene rings is 1. The highest BCUT2D eigenvalue weighted by Gasteiger charge is 2.20. The molecule has 2 heterocycles. The van der Waals surface area contributed by atoms with Crippen molar-refractivity contribution in [2.24, 2.45) is 0 Å². The molecule has 1 aliphatic rings. The molecule has 0 fully saturated rings. The number of quaternary nitrogens is 1. The van der Waals surface area contributed by atoms with E-state index >= 15 is 0 Å². The standard InChI is InChI=1S/C22H22N2O3S/c1-2-15-5-7-16(8-6-15)22(20-4-3-11-28-20)23-13-21(25)24-17-9-10-18-19(12-17)27-14-26-18/h3-12,22-23H,2,13-14H2,1H3,(H,24,25)/p+1/t22-/m0/s1. The van der Waals surface area contributed by atoms with Crippen LogP contribution in [0.1, 0.15) is 29.0 Å². The highest BCUT2D eigenvalue weighted by Crippen LogP contribution is 2.34. The molecular weight excluding hydrogens is 372 g/mol. The van der Waals surface area contributed by atoms with Gasteiger partial charge in [0.15, 0.2) is 18.0 Å². The van der Waals surface area contributed by atoms with Gasteiger partial charge in [-0.3, -0.25) is 4.79 Å². The number of ether oxygens (including phenoxy) is 2. The van der Waals surface area contributed by atoms with Crippen LogP contribution in [0.4, 0.5) is 5.69 Å². The lowest BCUT2D eigenvalue weighted by Gasteiger charge is -2.15. The Morgan fingerprint density at radius 3 is 2.71 bits per heavy atom. The molecule has 1 aliphatic heterocycles. The average Bonchev–Trinajstić information content (AvgIpc) is 3.40. The van der Waals surface area contributed by atoms with E-state index in [2.05, 4.69) is 53.3 Å². The quantitative estimate of drug-likeness (QED) is 0.645. The highest BCUT2D eigenvalue weighted by molar-refractivity contribution is 7.10. The van der Waals surface area contributed by atoms with Crippen molar-refractivity contribution in [2.75, 3.05) is 18.7 Å². The van der Waals surface area contributed by atoms with Gasteiger partial charge in [0.2, 0.25) is 6.79 Å². The molecule has 1 atom stereocenters. The molecule has 0 unspecified atom stereocenters. The lowest BCUT2D eigenvalue weighted by molar-refractivity contribution is -0.675. The minimum absolute atomic E-state index is 0.0504. The molecule has 1 aromatic heterocycles. The number of carbonyl (C=O) groups is 1. The summed E-state index contributed by atoms with van der Waals surface area (Å²) in [7, 11) is 0. The van der Waals surface area contributed by atoms with Gasteiger partial charge in [-0.05, 0) is 35.6 Å². The second-order valence-corrected chi connectivity index (χ2v) is 7.62. The molecule has 3 aromatic rings. The summed E-state index contributed by atoms with van der Waals surface area (Å²) >= 11 is 1.71. The zero-order chi connectivity index (χ0) is 19.3. The Bertz CT molecular complexity index is 939. The minimum atomic E-state index is -0.0504. The fourth-order valence-electron chi connectivity index (χ4n) is 3.26. The summed E-state index contributed by atoms with van der Waals surface area (Å²) < 4.78 is 10.7. The first-order chi connectivity index (χ1) is 13.7. The summed E-state index contributed by atoms with van der Waals surface area (Å²) in [5.41, 5.74) is 3.23. The van der Waals surface area contributed by atoms with E-state index in [0.29, 0.717) is 23.7 Å². The lowest BCUT2D eigenvalue weighted by Crippen LogP contribution is -2.87. The smallest absolute Gasteiger partial charge is 0.279 e. The second kappa shape index (κ2) is 8.46. The van der Waals surface area contributed by atoms with Gasteiger partial charge in [0.1, 0.15) is 6.04 Å². The molecule has 1 amide bonds. The van der Waals surface area contributed by atoms with Crippen LogP contribution in [0.5, 0.6) is 11.5 Å². The fraction of sp³-hybridized carbons (Fsp3) is 0.227. The first-order valence-electron chi connectivity index (χ1n) is 9.38. The summed E-state index contributed by atoms with van der Waals surface area (Å²) in [6.45, 7) is 2.70. The molecule has 0 bridgehead atoms. The largest absolute Gasteiger partial charge is 0.454 e. The van der Waals surface area contributed by atoms with Crippen molar-refractivity contribution in [3.05, 3.63) is 76.0 Å². The summed E-state index contributed by atoms with van der Waals surface area (Å²) in [4.78, 5) is 13.7. The molecule has 0 saturated heterocycles. The van der Waals surface area contributed by atoms with Crippen molar-refractivity contribution in [3.8, 4) is 11.5 Å². The van der Waals surface area contributed by atoms with Crippen LogP contribution in [-0.4, -0.2) is 19.2 Å². The van der Waals surface area contributed by atoms with Crippen LogP contribution in [-0.2, 0) is 11.2 Å². The maximum Gasteiger partial charge on any atom is 0.279 e. The Morgan fingerprint density at radius 1 is 1.14 bits per heavy atom. The number of nitrogens with one attached hydrogen (secondary N) is 1. The van der Waals surface area contributed by atoms with E-state index in [1.807, 2.05) is 18.2 Å². The van der Waals surface area contributed by atoms with E-state index in [9.17, 15) is 4.79 Å². The predicted molar refractivity (Wildman–Crippen MR) is 110 cm³/mol. The third-order valence-electron chi connectivity index (χ3n) is 4.79. The van der Waals surface area contributed by atoms with Crippen LogP contribution in [0.25, 0.3) is 0 Å². The van der Waals surface area contributed by atoms with Crippen molar-refractivity contribution in [2.45, 2.75) is 19.4 Å². The zero-order valence-corrected chi connectivity index (χ0v) is 16.5. The van der Waals surface area contributed by atoms with E-state index in [1.54, 1.807) is 17.4 Å². The second-order valence-electron chi connectivity index (χ2n) is 6.64. The molecule has 0 aliphatic carbocycles. The third kappa shape index (κ3) is 4.18. The molecule has 4 rings (SSSR count). The first-order valence-corrected chi connectivity index (χ1v) is 10.3. The molecule has 2 aromatic carbocycles. The molecule has 6 heteroatoms. The van der Waals surface area contributed by atoms with Gasteiger partial charge in [0.25, 0.3) is 5.91 Å². The lowest BCUT2D eigenvalue weighted by atomic mass is 10.0. The van der Waals surface area contributed by atoms with Crippen LogP contribution in [0.2, 0.25) is 0 Å². The topological polar surface area (TPSA) is 64.2 Å². The first kappa shape index (κ1) is 18.5. The van der Waals surface area contributed by atoms with Crippen molar-refractivity contribution in [1.29, 1.82) is 0 Å². The van der Waals surface area contributed by atoms with Crippen molar-refractivity contribution in [1.82, 2.24) is 0 Å². The average molecular weight is 396 g/mol. The van der Waals surface area contributed by atoms with E-state index in [-0.39, 0.29) is 18.7 Å². The number of aryl methyl sites for hydroxylation is 1. The maximum atomic E-state index is 12.5. The van der Waals surface area contributed by atoms with Crippen LogP contribution < -0.4 is 20.1 Å². The molecule has 28 heavy (non-hydrogen) atoms. The normalized spacial score (nSPS) is 13.3. The maximum absolute atomic E-state index is 12.5. The summed E-state index contributed by atoms with van der Waals surface area (Å²) in [5, 5.41) is 7.09. The molecule has 3 N–H and O–H groups in total. The third-order valence-corrected chi connectivity index (χ3v) is 5.75. The molecule has 0 saturated carbocycles. The van der Waals surface area contributed by atoms with Gasteiger partial charge in [0.05, 0.1) is 4.88 Å². The van der Waals surface area contributed by atoms with E-state index in [0.717, 1.165) is 6.42 Å². The summed E-state index contributed by atoms with van der Waals surface area (Å²) in [5.74, 6) is 1.32. The number of benzene rings is 2. The number of rotatable bonds is 7. The number of fused-ring (bicyclic) bond motifs is 1. The van der Waals surface area contributed by atoms with Crippen molar-refractivity contribution >= 4 is 22.9 Å². The van der Waals surface area contributed by atoms with Gasteiger partial charge >= 0.3 is 0 Å². The van der Waals surface area contributed by atoms with Gasteiger partial charge in [-0.2, -0.15) is 0 Å². The van der Waals surface area contributed by atoms with Crippen LogP contribution in [0.15, 0.2) is 60.0 Å². The Balaban J connectivity index is 1.43. The molecule has 5 nitrogen and oxygen atoms in total. The molecule has 144 valence electrons. The number of hydrogen-bond donors (Lipinski definition) is 2. The van der Waals surface area contributed by atoms with Gasteiger partial charge < -0.3 is 20.1 Å². The molecule has 0 spiro atoms. The minimum Gasteiger partial charge on any atom is -0.454 e. The summed E-state index contributed by atoms with van der Waals surface area (Å²) in [6.07, 6.45) is 1.02. The van der Waals surface area contributed by atoms with Gasteiger partial charge in [-0.15, -0.1) is 11.3 Å².